The zero-order valence-electron chi connectivity index (χ0n) is 12.9. The standard InChI is InChI=1S/C17H27NO3/c1-14-4-2-5-15(10-14)7-8-18-11-16(19)12-20-13-17-6-3-9-21-17/h2,4-5,10,16-19H,3,6-9,11-13H2,1H3. The normalized spacial score (nSPS) is 19.8. The van der Waals surface area contributed by atoms with Crippen LogP contribution in [0.5, 0.6) is 0 Å². The highest BCUT2D eigenvalue weighted by atomic mass is 16.5. The van der Waals surface area contributed by atoms with Crippen LogP contribution in [0.15, 0.2) is 24.3 Å². The molecule has 1 aliphatic heterocycles. The predicted octanol–water partition coefficient (Wildman–Crippen LogP) is 1.68. The lowest BCUT2D eigenvalue weighted by atomic mass is 10.1. The molecule has 0 aliphatic carbocycles. The monoisotopic (exact) mass is 293 g/mol. The van der Waals surface area contributed by atoms with E-state index < -0.39 is 6.10 Å². The van der Waals surface area contributed by atoms with E-state index in [1.165, 1.54) is 11.1 Å². The number of rotatable bonds is 9. The van der Waals surface area contributed by atoms with Crippen LogP contribution in [0.4, 0.5) is 0 Å². The Labute approximate surface area is 127 Å². The summed E-state index contributed by atoms with van der Waals surface area (Å²) in [6.45, 7) is 5.35. The van der Waals surface area contributed by atoms with Gasteiger partial charge in [-0.3, -0.25) is 0 Å². The molecule has 1 fully saturated rings. The van der Waals surface area contributed by atoms with E-state index in [1.54, 1.807) is 0 Å². The number of aliphatic hydroxyl groups excluding tert-OH is 1. The van der Waals surface area contributed by atoms with Gasteiger partial charge in [0, 0.05) is 13.2 Å². The third-order valence-electron chi connectivity index (χ3n) is 3.69. The maximum absolute atomic E-state index is 9.84. The van der Waals surface area contributed by atoms with Crippen molar-refractivity contribution in [1.82, 2.24) is 5.32 Å². The molecular formula is C17H27NO3. The number of hydrogen-bond acceptors (Lipinski definition) is 4. The number of hydrogen-bond donors (Lipinski definition) is 2. The molecule has 4 heteroatoms. The summed E-state index contributed by atoms with van der Waals surface area (Å²) in [5.74, 6) is 0. The van der Waals surface area contributed by atoms with Crippen molar-refractivity contribution in [3.05, 3.63) is 35.4 Å². The third kappa shape index (κ3) is 6.57. The molecule has 118 valence electrons. The second kappa shape index (κ2) is 9.15. The first-order chi connectivity index (χ1) is 10.2. The van der Waals surface area contributed by atoms with Gasteiger partial charge in [-0.2, -0.15) is 0 Å². The third-order valence-corrected chi connectivity index (χ3v) is 3.69. The molecule has 0 saturated carbocycles. The first kappa shape index (κ1) is 16.4. The highest BCUT2D eigenvalue weighted by molar-refractivity contribution is 5.22. The van der Waals surface area contributed by atoms with E-state index >= 15 is 0 Å². The van der Waals surface area contributed by atoms with Crippen LogP contribution in [-0.2, 0) is 15.9 Å². The van der Waals surface area contributed by atoms with Crippen LogP contribution in [-0.4, -0.2) is 50.2 Å². The van der Waals surface area contributed by atoms with Gasteiger partial charge in [0.05, 0.1) is 25.4 Å². The average Bonchev–Trinajstić information content (AvgIpc) is 2.97. The van der Waals surface area contributed by atoms with Crippen molar-refractivity contribution in [2.24, 2.45) is 0 Å². The fourth-order valence-electron chi connectivity index (χ4n) is 2.54. The van der Waals surface area contributed by atoms with E-state index in [1.807, 2.05) is 0 Å². The Balaban J connectivity index is 1.49. The molecule has 0 bridgehead atoms. The molecule has 1 aromatic carbocycles. The Bertz CT molecular complexity index is 405. The SMILES string of the molecule is Cc1cccc(CCNCC(O)COCC2CCCO2)c1. The number of aryl methyl sites for hydroxylation is 1. The van der Waals surface area contributed by atoms with Gasteiger partial charge in [-0.25, -0.2) is 0 Å². The van der Waals surface area contributed by atoms with Gasteiger partial charge in [-0.15, -0.1) is 0 Å². The topological polar surface area (TPSA) is 50.7 Å². The van der Waals surface area contributed by atoms with Gasteiger partial charge in [0.15, 0.2) is 0 Å². The molecule has 2 atom stereocenters. The number of aliphatic hydroxyl groups is 1. The van der Waals surface area contributed by atoms with Crippen LogP contribution < -0.4 is 5.32 Å². The molecule has 0 radical (unpaired) electrons. The van der Waals surface area contributed by atoms with Gasteiger partial charge in [0.2, 0.25) is 0 Å². The lowest BCUT2D eigenvalue weighted by molar-refractivity contribution is -0.0163. The molecule has 2 unspecified atom stereocenters. The number of nitrogens with one attached hydrogen (secondary N) is 1. The van der Waals surface area contributed by atoms with E-state index in [0.717, 1.165) is 32.4 Å². The van der Waals surface area contributed by atoms with Crippen molar-refractivity contribution in [3.63, 3.8) is 0 Å². The Kier molecular flexibility index (Phi) is 7.16. The predicted molar refractivity (Wildman–Crippen MR) is 83.6 cm³/mol. The van der Waals surface area contributed by atoms with Gasteiger partial charge in [0.1, 0.15) is 0 Å². The molecule has 0 amide bonds. The van der Waals surface area contributed by atoms with Crippen LogP contribution in [0.3, 0.4) is 0 Å². The minimum atomic E-state index is -0.455. The van der Waals surface area contributed by atoms with E-state index in [0.29, 0.717) is 19.8 Å². The highest BCUT2D eigenvalue weighted by Gasteiger charge is 2.15. The van der Waals surface area contributed by atoms with Gasteiger partial charge in [0.25, 0.3) is 0 Å². The van der Waals surface area contributed by atoms with Crippen LogP contribution in [0.2, 0.25) is 0 Å². The minimum Gasteiger partial charge on any atom is -0.389 e. The molecule has 4 nitrogen and oxygen atoms in total. The second-order valence-corrected chi connectivity index (χ2v) is 5.77. The van der Waals surface area contributed by atoms with Crippen LogP contribution >= 0.6 is 0 Å². The van der Waals surface area contributed by atoms with Gasteiger partial charge in [-0.1, -0.05) is 29.8 Å². The summed E-state index contributed by atoms with van der Waals surface area (Å²) in [4.78, 5) is 0. The fourth-order valence-corrected chi connectivity index (χ4v) is 2.54. The first-order valence-electron chi connectivity index (χ1n) is 7.87. The lowest BCUT2D eigenvalue weighted by Crippen LogP contribution is -2.32. The maximum atomic E-state index is 9.84. The molecule has 2 rings (SSSR count). The smallest absolute Gasteiger partial charge is 0.0897 e. The zero-order chi connectivity index (χ0) is 14.9. The van der Waals surface area contributed by atoms with Crippen LogP contribution in [0.1, 0.15) is 24.0 Å². The lowest BCUT2D eigenvalue weighted by Gasteiger charge is -2.14. The van der Waals surface area contributed by atoms with Crippen molar-refractivity contribution in [1.29, 1.82) is 0 Å². The van der Waals surface area contributed by atoms with E-state index in [2.05, 4.69) is 36.5 Å². The number of ether oxygens (including phenoxy) is 2. The van der Waals surface area contributed by atoms with Crippen molar-refractivity contribution in [3.8, 4) is 0 Å². The Morgan fingerprint density at radius 2 is 2.38 bits per heavy atom. The van der Waals surface area contributed by atoms with Gasteiger partial charge >= 0.3 is 0 Å². The first-order valence-corrected chi connectivity index (χ1v) is 7.87. The Morgan fingerprint density at radius 1 is 1.48 bits per heavy atom. The summed E-state index contributed by atoms with van der Waals surface area (Å²) in [5, 5.41) is 13.1. The Hall–Kier alpha value is -0.940. The summed E-state index contributed by atoms with van der Waals surface area (Å²) in [7, 11) is 0. The minimum absolute atomic E-state index is 0.228. The van der Waals surface area contributed by atoms with Crippen molar-refractivity contribution < 1.29 is 14.6 Å². The van der Waals surface area contributed by atoms with E-state index in [9.17, 15) is 5.11 Å². The molecule has 1 saturated heterocycles. The van der Waals surface area contributed by atoms with Gasteiger partial charge < -0.3 is 19.9 Å². The molecule has 1 aromatic rings. The summed E-state index contributed by atoms with van der Waals surface area (Å²) in [6.07, 6.45) is 2.95. The summed E-state index contributed by atoms with van der Waals surface area (Å²) >= 11 is 0. The maximum Gasteiger partial charge on any atom is 0.0897 e. The zero-order valence-corrected chi connectivity index (χ0v) is 12.9. The molecule has 1 heterocycles. The molecule has 0 spiro atoms. The fraction of sp³-hybridized carbons (Fsp3) is 0.647. The van der Waals surface area contributed by atoms with Crippen molar-refractivity contribution in [2.45, 2.75) is 38.4 Å². The van der Waals surface area contributed by atoms with Gasteiger partial charge in [-0.05, 0) is 38.3 Å². The molecule has 2 N–H and O–H groups in total. The van der Waals surface area contributed by atoms with E-state index in [-0.39, 0.29) is 6.10 Å². The summed E-state index contributed by atoms with van der Waals surface area (Å²) in [6, 6.07) is 8.52. The summed E-state index contributed by atoms with van der Waals surface area (Å²) < 4.78 is 11.0. The highest BCUT2D eigenvalue weighted by Crippen LogP contribution is 2.11. The largest absolute Gasteiger partial charge is 0.389 e. The molecule has 21 heavy (non-hydrogen) atoms. The second-order valence-electron chi connectivity index (χ2n) is 5.77. The van der Waals surface area contributed by atoms with E-state index in [4.69, 9.17) is 9.47 Å². The molecule has 0 aromatic heterocycles. The summed E-state index contributed by atoms with van der Waals surface area (Å²) in [5.41, 5.74) is 2.61. The quantitative estimate of drug-likeness (QED) is 0.680. The van der Waals surface area contributed by atoms with Crippen LogP contribution in [0.25, 0.3) is 0 Å². The average molecular weight is 293 g/mol. The number of benzene rings is 1. The molecule has 1 aliphatic rings. The van der Waals surface area contributed by atoms with Crippen molar-refractivity contribution in [2.75, 3.05) is 32.9 Å². The van der Waals surface area contributed by atoms with Crippen molar-refractivity contribution >= 4 is 0 Å². The van der Waals surface area contributed by atoms with Crippen LogP contribution in [0, 0.1) is 6.92 Å². The Morgan fingerprint density at radius 3 is 3.14 bits per heavy atom. The molecular weight excluding hydrogens is 266 g/mol.